The van der Waals surface area contributed by atoms with Gasteiger partial charge in [-0.2, -0.15) is 0 Å². The van der Waals surface area contributed by atoms with Crippen molar-refractivity contribution in [2.75, 3.05) is 13.1 Å². The Balaban J connectivity index is 0.000000519. The molecule has 2 aromatic rings. The number of rotatable bonds is 6. The number of aromatic carboxylic acids is 1. The highest BCUT2D eigenvalue weighted by atomic mass is 16.4. The fourth-order valence-electron chi connectivity index (χ4n) is 3.23. The number of aliphatic carboxylic acids is 2. The summed E-state index contributed by atoms with van der Waals surface area (Å²) in [5, 5.41) is 23.8. The van der Waals surface area contributed by atoms with Gasteiger partial charge in [0.15, 0.2) is 0 Å². The summed E-state index contributed by atoms with van der Waals surface area (Å²) >= 11 is 0. The van der Waals surface area contributed by atoms with Crippen molar-refractivity contribution in [3.05, 3.63) is 53.6 Å². The molecule has 0 amide bonds. The van der Waals surface area contributed by atoms with E-state index in [9.17, 15) is 4.79 Å². The van der Waals surface area contributed by atoms with Gasteiger partial charge in [-0.25, -0.2) is 9.78 Å². The molecule has 9 nitrogen and oxygen atoms in total. The number of carbonyl (C=O) groups is 3. The van der Waals surface area contributed by atoms with Crippen molar-refractivity contribution >= 4 is 17.9 Å². The number of benzene rings is 1. The van der Waals surface area contributed by atoms with E-state index in [4.69, 9.17) is 24.9 Å². The van der Waals surface area contributed by atoms with Gasteiger partial charge in [-0.05, 0) is 49.9 Å². The first kappa shape index (κ1) is 25.8. The number of carboxylic acids is 3. The summed E-state index contributed by atoms with van der Waals surface area (Å²) in [4.78, 5) is 35.8. The molecule has 31 heavy (non-hydrogen) atoms. The normalized spacial score (nSPS) is 15.3. The second-order valence-electron chi connectivity index (χ2n) is 7.33. The summed E-state index contributed by atoms with van der Waals surface area (Å²) in [5.41, 5.74) is 2.71. The van der Waals surface area contributed by atoms with E-state index < -0.39 is 17.9 Å². The maximum Gasteiger partial charge on any atom is 0.335 e. The SMILES string of the molecule is CC(=O)O.CC(=O)O.CCn1cnc(CN2CCC(Cc3ccc(C(=O)O)cc3)C2)c1. The molecule has 0 bridgehead atoms. The van der Waals surface area contributed by atoms with Crippen LogP contribution in [0.4, 0.5) is 0 Å². The van der Waals surface area contributed by atoms with Crippen molar-refractivity contribution in [2.24, 2.45) is 5.92 Å². The van der Waals surface area contributed by atoms with Crippen LogP contribution in [0.1, 0.15) is 48.8 Å². The minimum absolute atomic E-state index is 0.355. The number of carboxylic acid groups (broad SMARTS) is 3. The Bertz CT molecular complexity index is 827. The minimum Gasteiger partial charge on any atom is -0.481 e. The van der Waals surface area contributed by atoms with Crippen LogP contribution < -0.4 is 0 Å². The lowest BCUT2D eigenvalue weighted by Crippen LogP contribution is -2.20. The topological polar surface area (TPSA) is 133 Å². The van der Waals surface area contributed by atoms with Crippen LogP contribution in [-0.2, 0) is 29.1 Å². The van der Waals surface area contributed by atoms with E-state index in [1.54, 1.807) is 12.1 Å². The van der Waals surface area contributed by atoms with Crippen molar-refractivity contribution in [2.45, 2.75) is 46.7 Å². The standard InChI is InChI=1S/C18H23N3O2.2C2H4O2/c1-2-20-11-17(19-13-20)12-21-8-7-15(10-21)9-14-3-5-16(6-4-14)18(22)23;2*1-2(3)4/h3-6,11,13,15H,2,7-10,12H2,1H3,(H,22,23);2*1H3,(H,3,4). The van der Waals surface area contributed by atoms with Gasteiger partial charge in [-0.3, -0.25) is 14.5 Å². The molecule has 170 valence electrons. The van der Waals surface area contributed by atoms with Crippen molar-refractivity contribution in [1.82, 2.24) is 14.5 Å². The zero-order valence-corrected chi connectivity index (χ0v) is 18.2. The van der Waals surface area contributed by atoms with Crippen LogP contribution in [0.25, 0.3) is 0 Å². The van der Waals surface area contributed by atoms with Crippen LogP contribution >= 0.6 is 0 Å². The van der Waals surface area contributed by atoms with E-state index in [0.717, 1.165) is 52.1 Å². The number of aryl methyl sites for hydroxylation is 1. The van der Waals surface area contributed by atoms with Crippen LogP contribution in [0.2, 0.25) is 0 Å². The van der Waals surface area contributed by atoms with E-state index in [0.29, 0.717) is 11.5 Å². The average Bonchev–Trinajstić information content (AvgIpc) is 3.31. The van der Waals surface area contributed by atoms with Crippen molar-refractivity contribution in [3.63, 3.8) is 0 Å². The third kappa shape index (κ3) is 10.9. The van der Waals surface area contributed by atoms with Gasteiger partial charge in [0, 0.05) is 39.7 Å². The molecule has 1 unspecified atom stereocenters. The Kier molecular flexibility index (Phi) is 11.0. The number of hydrogen-bond acceptors (Lipinski definition) is 5. The van der Waals surface area contributed by atoms with E-state index in [2.05, 4.69) is 27.6 Å². The zero-order chi connectivity index (χ0) is 23.4. The zero-order valence-electron chi connectivity index (χ0n) is 18.2. The van der Waals surface area contributed by atoms with E-state index >= 15 is 0 Å². The number of aromatic nitrogens is 2. The predicted octanol–water partition coefficient (Wildman–Crippen LogP) is 2.85. The van der Waals surface area contributed by atoms with Crippen LogP contribution in [0.15, 0.2) is 36.8 Å². The summed E-state index contributed by atoms with van der Waals surface area (Å²) in [6.07, 6.45) is 6.22. The molecular weight excluding hydrogens is 402 g/mol. The van der Waals surface area contributed by atoms with Gasteiger partial charge in [0.1, 0.15) is 0 Å². The van der Waals surface area contributed by atoms with Crippen molar-refractivity contribution in [1.29, 1.82) is 0 Å². The maximum absolute atomic E-state index is 10.9. The fraction of sp³-hybridized carbons (Fsp3) is 0.455. The molecule has 1 aliphatic heterocycles. The number of hydrogen-bond donors (Lipinski definition) is 3. The molecular formula is C22H31N3O6. The van der Waals surface area contributed by atoms with Gasteiger partial charge >= 0.3 is 5.97 Å². The summed E-state index contributed by atoms with van der Waals surface area (Å²) in [5.74, 6) is -1.89. The van der Waals surface area contributed by atoms with E-state index in [-0.39, 0.29) is 0 Å². The quantitative estimate of drug-likeness (QED) is 0.633. The van der Waals surface area contributed by atoms with Gasteiger partial charge < -0.3 is 19.9 Å². The Labute approximate surface area is 182 Å². The second kappa shape index (κ2) is 13.2. The third-order valence-electron chi connectivity index (χ3n) is 4.53. The summed E-state index contributed by atoms with van der Waals surface area (Å²) in [7, 11) is 0. The molecule has 0 spiro atoms. The first-order chi connectivity index (χ1) is 14.6. The molecule has 1 atom stereocenters. The van der Waals surface area contributed by atoms with Gasteiger partial charge in [0.25, 0.3) is 11.9 Å². The van der Waals surface area contributed by atoms with E-state index in [1.165, 1.54) is 12.0 Å². The lowest BCUT2D eigenvalue weighted by atomic mass is 9.98. The molecule has 3 N–H and O–H groups in total. The van der Waals surface area contributed by atoms with E-state index in [1.807, 2.05) is 18.5 Å². The lowest BCUT2D eigenvalue weighted by molar-refractivity contribution is -0.135. The molecule has 1 saturated heterocycles. The van der Waals surface area contributed by atoms with Crippen LogP contribution in [-0.4, -0.2) is 60.8 Å². The highest BCUT2D eigenvalue weighted by Crippen LogP contribution is 2.22. The largest absolute Gasteiger partial charge is 0.481 e. The Morgan fingerprint density at radius 1 is 1.06 bits per heavy atom. The smallest absolute Gasteiger partial charge is 0.335 e. The predicted molar refractivity (Wildman–Crippen MR) is 115 cm³/mol. The Hall–Kier alpha value is -3.20. The molecule has 1 aromatic carbocycles. The van der Waals surface area contributed by atoms with Crippen molar-refractivity contribution in [3.8, 4) is 0 Å². The lowest BCUT2D eigenvalue weighted by Gasteiger charge is -2.14. The average molecular weight is 434 g/mol. The minimum atomic E-state index is -0.866. The molecule has 0 aliphatic carbocycles. The monoisotopic (exact) mass is 433 g/mol. The molecule has 1 aromatic heterocycles. The van der Waals surface area contributed by atoms with Gasteiger partial charge in [-0.15, -0.1) is 0 Å². The number of imidazole rings is 1. The Morgan fingerprint density at radius 2 is 1.65 bits per heavy atom. The molecule has 0 saturated carbocycles. The first-order valence-corrected chi connectivity index (χ1v) is 10.0. The number of likely N-dealkylation sites (tertiary alicyclic amines) is 1. The molecule has 1 aliphatic rings. The molecule has 1 fully saturated rings. The van der Waals surface area contributed by atoms with Crippen LogP contribution in [0.3, 0.4) is 0 Å². The van der Waals surface area contributed by atoms with Crippen molar-refractivity contribution < 1.29 is 29.7 Å². The first-order valence-electron chi connectivity index (χ1n) is 10.0. The third-order valence-corrected chi connectivity index (χ3v) is 4.53. The molecule has 2 heterocycles. The maximum atomic E-state index is 10.9. The highest BCUT2D eigenvalue weighted by Gasteiger charge is 2.23. The summed E-state index contributed by atoms with van der Waals surface area (Å²) < 4.78 is 2.10. The van der Waals surface area contributed by atoms with Crippen LogP contribution in [0, 0.1) is 5.92 Å². The second-order valence-corrected chi connectivity index (χ2v) is 7.33. The van der Waals surface area contributed by atoms with Gasteiger partial charge in [0.2, 0.25) is 0 Å². The fourth-order valence-corrected chi connectivity index (χ4v) is 3.23. The Morgan fingerprint density at radius 3 is 2.13 bits per heavy atom. The summed E-state index contributed by atoms with van der Waals surface area (Å²) in [6.45, 7) is 8.35. The van der Waals surface area contributed by atoms with Gasteiger partial charge in [-0.1, -0.05) is 12.1 Å². The molecule has 0 radical (unpaired) electrons. The van der Waals surface area contributed by atoms with Gasteiger partial charge in [0.05, 0.1) is 17.6 Å². The molecule has 3 rings (SSSR count). The van der Waals surface area contributed by atoms with Crippen LogP contribution in [0.5, 0.6) is 0 Å². The number of nitrogens with zero attached hydrogens (tertiary/aromatic N) is 3. The molecule has 9 heteroatoms. The highest BCUT2D eigenvalue weighted by molar-refractivity contribution is 5.87. The summed E-state index contributed by atoms with van der Waals surface area (Å²) in [6, 6.07) is 7.27.